The van der Waals surface area contributed by atoms with Crippen LogP contribution in [0.5, 0.6) is 0 Å². The second-order valence-electron chi connectivity index (χ2n) is 6.34. The van der Waals surface area contributed by atoms with Gasteiger partial charge in [-0.1, -0.05) is 30.3 Å². The lowest BCUT2D eigenvalue weighted by atomic mass is 10.2. The Morgan fingerprint density at radius 2 is 1.85 bits per heavy atom. The highest BCUT2D eigenvalue weighted by Gasteiger charge is 2.24. The van der Waals surface area contributed by atoms with Crippen molar-refractivity contribution in [3.05, 3.63) is 72.3 Å². The quantitative estimate of drug-likeness (QED) is 0.751. The Labute approximate surface area is 157 Å². The number of amides is 1. The fourth-order valence-electron chi connectivity index (χ4n) is 3.05. The number of furan rings is 1. The lowest BCUT2D eigenvalue weighted by Crippen LogP contribution is -2.49. The second-order valence-corrected chi connectivity index (χ2v) is 6.34. The molecule has 27 heavy (non-hydrogen) atoms. The molecule has 1 N–H and O–H groups in total. The third-order valence-corrected chi connectivity index (χ3v) is 4.54. The zero-order chi connectivity index (χ0) is 18.5. The Balaban J connectivity index is 1.35. The van der Waals surface area contributed by atoms with Crippen LogP contribution in [0.25, 0.3) is 0 Å². The summed E-state index contributed by atoms with van der Waals surface area (Å²) < 4.78 is 5.20. The van der Waals surface area contributed by atoms with E-state index in [4.69, 9.17) is 4.42 Å². The molecule has 1 aliphatic heterocycles. The molecule has 1 fully saturated rings. The molecule has 1 saturated heterocycles. The van der Waals surface area contributed by atoms with E-state index in [1.165, 1.54) is 11.8 Å². The summed E-state index contributed by atoms with van der Waals surface area (Å²) >= 11 is 0. The molecule has 0 atom stereocenters. The predicted octanol–water partition coefficient (Wildman–Crippen LogP) is 2.64. The number of nitrogens with zero attached hydrogens (tertiary/aromatic N) is 4. The largest absolute Gasteiger partial charge is 0.459 e. The monoisotopic (exact) mass is 363 g/mol. The maximum absolute atomic E-state index is 12.4. The van der Waals surface area contributed by atoms with Crippen LogP contribution in [0, 0.1) is 0 Å². The van der Waals surface area contributed by atoms with Gasteiger partial charge >= 0.3 is 0 Å². The lowest BCUT2D eigenvalue weighted by molar-refractivity contribution is 0.0714. The van der Waals surface area contributed by atoms with E-state index in [0.717, 1.165) is 5.82 Å². The van der Waals surface area contributed by atoms with E-state index in [1.54, 1.807) is 23.2 Å². The molecule has 0 radical (unpaired) electrons. The summed E-state index contributed by atoms with van der Waals surface area (Å²) in [6, 6.07) is 15.5. The summed E-state index contributed by atoms with van der Waals surface area (Å²) in [4.78, 5) is 25.2. The van der Waals surface area contributed by atoms with Crippen molar-refractivity contribution in [3.8, 4) is 0 Å². The number of rotatable bonds is 5. The number of hydrogen-bond acceptors (Lipinski definition) is 6. The first-order valence-electron chi connectivity index (χ1n) is 8.98. The summed E-state index contributed by atoms with van der Waals surface area (Å²) in [6.07, 6.45) is 3.28. The van der Waals surface area contributed by atoms with Crippen LogP contribution in [0.15, 0.2) is 65.4 Å². The highest BCUT2D eigenvalue weighted by atomic mass is 16.3. The van der Waals surface area contributed by atoms with E-state index >= 15 is 0 Å². The van der Waals surface area contributed by atoms with Crippen LogP contribution in [-0.2, 0) is 6.54 Å². The average Bonchev–Trinajstić information content (AvgIpc) is 3.28. The zero-order valence-corrected chi connectivity index (χ0v) is 14.9. The van der Waals surface area contributed by atoms with Crippen LogP contribution < -0.4 is 10.2 Å². The van der Waals surface area contributed by atoms with Crippen molar-refractivity contribution >= 4 is 17.7 Å². The van der Waals surface area contributed by atoms with Gasteiger partial charge in [-0.15, -0.1) is 0 Å². The van der Waals surface area contributed by atoms with Gasteiger partial charge in [0.25, 0.3) is 5.91 Å². The SMILES string of the molecule is O=C(c1ccco1)N1CCN(c2nccc(NCc3ccccc3)n2)CC1. The molecule has 3 heterocycles. The van der Waals surface area contributed by atoms with Crippen molar-refractivity contribution < 1.29 is 9.21 Å². The van der Waals surface area contributed by atoms with Gasteiger partial charge in [0.1, 0.15) is 5.82 Å². The predicted molar refractivity (Wildman–Crippen MR) is 103 cm³/mol. The third kappa shape index (κ3) is 4.08. The number of benzene rings is 1. The van der Waals surface area contributed by atoms with E-state index in [9.17, 15) is 4.79 Å². The van der Waals surface area contributed by atoms with Crippen molar-refractivity contribution in [1.82, 2.24) is 14.9 Å². The lowest BCUT2D eigenvalue weighted by Gasteiger charge is -2.34. The normalized spacial score (nSPS) is 14.2. The van der Waals surface area contributed by atoms with E-state index in [1.807, 2.05) is 24.3 Å². The van der Waals surface area contributed by atoms with Gasteiger partial charge in [0.2, 0.25) is 5.95 Å². The van der Waals surface area contributed by atoms with E-state index in [2.05, 4.69) is 32.3 Å². The topological polar surface area (TPSA) is 74.5 Å². The molecular formula is C20H21N5O2. The smallest absolute Gasteiger partial charge is 0.289 e. The number of anilines is 2. The highest BCUT2D eigenvalue weighted by molar-refractivity contribution is 5.91. The van der Waals surface area contributed by atoms with Crippen LogP contribution in [0.1, 0.15) is 16.1 Å². The fraction of sp³-hybridized carbons (Fsp3) is 0.250. The molecule has 138 valence electrons. The van der Waals surface area contributed by atoms with Crippen molar-refractivity contribution in [2.45, 2.75) is 6.54 Å². The first kappa shape index (κ1) is 17.1. The molecule has 0 spiro atoms. The van der Waals surface area contributed by atoms with Crippen LogP contribution in [-0.4, -0.2) is 47.0 Å². The summed E-state index contributed by atoms with van der Waals surface area (Å²) in [5, 5.41) is 3.33. The fourth-order valence-corrected chi connectivity index (χ4v) is 3.05. The molecule has 0 bridgehead atoms. The molecular weight excluding hydrogens is 342 g/mol. The molecule has 3 aromatic rings. The number of carbonyl (C=O) groups excluding carboxylic acids is 1. The first-order valence-corrected chi connectivity index (χ1v) is 8.98. The van der Waals surface area contributed by atoms with Gasteiger partial charge in [-0.25, -0.2) is 4.98 Å². The summed E-state index contributed by atoms with van der Waals surface area (Å²) in [5.41, 5.74) is 1.20. The Kier molecular flexibility index (Phi) is 5.00. The molecule has 1 amide bonds. The summed E-state index contributed by atoms with van der Waals surface area (Å²) in [5.74, 6) is 1.78. The Morgan fingerprint density at radius 1 is 1.04 bits per heavy atom. The molecule has 0 saturated carbocycles. The van der Waals surface area contributed by atoms with Crippen LogP contribution >= 0.6 is 0 Å². The average molecular weight is 363 g/mol. The van der Waals surface area contributed by atoms with Gasteiger partial charge in [0, 0.05) is 38.9 Å². The van der Waals surface area contributed by atoms with Crippen molar-refractivity contribution in [2.75, 3.05) is 36.4 Å². The third-order valence-electron chi connectivity index (χ3n) is 4.54. The van der Waals surface area contributed by atoms with Crippen LogP contribution in [0.3, 0.4) is 0 Å². The number of hydrogen-bond donors (Lipinski definition) is 1. The van der Waals surface area contributed by atoms with Crippen LogP contribution in [0.4, 0.5) is 11.8 Å². The van der Waals surface area contributed by atoms with Crippen molar-refractivity contribution in [3.63, 3.8) is 0 Å². The number of piperazine rings is 1. The van der Waals surface area contributed by atoms with E-state index in [-0.39, 0.29) is 5.91 Å². The molecule has 0 aliphatic carbocycles. The van der Waals surface area contributed by atoms with Gasteiger partial charge in [-0.2, -0.15) is 4.98 Å². The van der Waals surface area contributed by atoms with Gasteiger partial charge < -0.3 is 19.5 Å². The van der Waals surface area contributed by atoms with Gasteiger partial charge in [0.05, 0.1) is 6.26 Å². The van der Waals surface area contributed by atoms with Crippen LogP contribution in [0.2, 0.25) is 0 Å². The molecule has 4 rings (SSSR count). The first-order chi connectivity index (χ1) is 13.3. The number of aromatic nitrogens is 2. The minimum absolute atomic E-state index is 0.0705. The maximum atomic E-state index is 12.4. The Hall–Kier alpha value is -3.35. The second kappa shape index (κ2) is 7.90. The molecule has 0 unspecified atom stereocenters. The summed E-state index contributed by atoms with van der Waals surface area (Å²) in [7, 11) is 0. The number of nitrogens with one attached hydrogen (secondary N) is 1. The minimum Gasteiger partial charge on any atom is -0.459 e. The molecule has 7 heteroatoms. The molecule has 2 aromatic heterocycles. The van der Waals surface area contributed by atoms with Gasteiger partial charge in [-0.3, -0.25) is 4.79 Å². The zero-order valence-electron chi connectivity index (χ0n) is 14.9. The minimum atomic E-state index is -0.0705. The summed E-state index contributed by atoms with van der Waals surface area (Å²) in [6.45, 7) is 3.32. The maximum Gasteiger partial charge on any atom is 0.289 e. The number of carbonyl (C=O) groups is 1. The van der Waals surface area contributed by atoms with Crippen molar-refractivity contribution in [2.24, 2.45) is 0 Å². The van der Waals surface area contributed by atoms with E-state index in [0.29, 0.717) is 44.4 Å². The molecule has 1 aliphatic rings. The van der Waals surface area contributed by atoms with Gasteiger partial charge in [-0.05, 0) is 23.8 Å². The standard InChI is InChI=1S/C20H21N5O2/c26-19(17-7-4-14-27-17)24-10-12-25(13-11-24)20-21-9-8-18(23-20)22-15-16-5-2-1-3-6-16/h1-9,14H,10-13,15H2,(H,21,22,23). The molecule has 7 nitrogen and oxygen atoms in total. The van der Waals surface area contributed by atoms with Gasteiger partial charge in [0.15, 0.2) is 5.76 Å². The van der Waals surface area contributed by atoms with E-state index < -0.39 is 0 Å². The molecule has 1 aromatic carbocycles. The van der Waals surface area contributed by atoms with Crippen molar-refractivity contribution in [1.29, 1.82) is 0 Å². The Morgan fingerprint density at radius 3 is 2.59 bits per heavy atom. The Bertz CT molecular complexity index is 874. The highest BCUT2D eigenvalue weighted by Crippen LogP contribution is 2.16.